The summed E-state index contributed by atoms with van der Waals surface area (Å²) in [5.41, 5.74) is 1.41. The number of carboxylic acids is 1. The number of carboxylic acid groups (broad SMARTS) is 1. The lowest BCUT2D eigenvalue weighted by molar-refractivity contribution is -0.152. The predicted molar refractivity (Wildman–Crippen MR) is 114 cm³/mol. The SMILES string of the molecule is Cn1cc(CC(C(=O)O)N2CC(=O)N(c3cc(Cl)ccc3-n3cc(Cl)nn3)CC2=O)cn1. The van der Waals surface area contributed by atoms with Gasteiger partial charge in [-0.3, -0.25) is 19.2 Å². The van der Waals surface area contributed by atoms with E-state index in [1.165, 1.54) is 32.7 Å². The van der Waals surface area contributed by atoms with Gasteiger partial charge in [0.2, 0.25) is 11.8 Å². The minimum atomic E-state index is -1.20. The van der Waals surface area contributed by atoms with Crippen LogP contribution in [-0.2, 0) is 27.9 Å². The fourth-order valence-electron chi connectivity index (χ4n) is 3.54. The Kier molecular flexibility index (Phi) is 5.85. The number of benzene rings is 1. The van der Waals surface area contributed by atoms with Crippen LogP contribution in [0.3, 0.4) is 0 Å². The quantitative estimate of drug-likeness (QED) is 0.564. The molecular formula is C19H17Cl2N7O4. The maximum Gasteiger partial charge on any atom is 0.326 e. The number of halogens is 2. The number of anilines is 1. The zero-order chi connectivity index (χ0) is 23.0. The molecule has 1 unspecified atom stereocenters. The van der Waals surface area contributed by atoms with E-state index in [1.807, 2.05) is 0 Å². The maximum atomic E-state index is 13.0. The summed E-state index contributed by atoms with van der Waals surface area (Å²) < 4.78 is 2.90. The zero-order valence-electron chi connectivity index (χ0n) is 16.7. The van der Waals surface area contributed by atoms with Gasteiger partial charge in [0.15, 0.2) is 5.15 Å². The topological polar surface area (TPSA) is 126 Å². The Bertz CT molecular complexity index is 1210. The second kappa shape index (κ2) is 8.60. The molecule has 3 heterocycles. The summed E-state index contributed by atoms with van der Waals surface area (Å²) >= 11 is 12.0. The Morgan fingerprint density at radius 3 is 2.56 bits per heavy atom. The number of nitrogens with zero attached hydrogens (tertiary/aromatic N) is 7. The Morgan fingerprint density at radius 1 is 1.16 bits per heavy atom. The van der Waals surface area contributed by atoms with Gasteiger partial charge in [-0.25, -0.2) is 9.48 Å². The Morgan fingerprint density at radius 2 is 1.94 bits per heavy atom. The standard InChI is InChI=1S/C19H17Cl2N7O4/c1-25-7-11(6-22-25)4-15(19(31)32)27-10-17(29)26(9-18(27)30)14-5-12(20)2-3-13(14)28-8-16(21)23-24-28/h2-3,5-8,15H,4,9-10H2,1H3,(H,31,32). The minimum Gasteiger partial charge on any atom is -0.480 e. The van der Waals surface area contributed by atoms with Crippen molar-refractivity contribution in [2.75, 3.05) is 18.0 Å². The van der Waals surface area contributed by atoms with E-state index in [2.05, 4.69) is 15.4 Å². The fraction of sp³-hybridized carbons (Fsp3) is 0.263. The van der Waals surface area contributed by atoms with Gasteiger partial charge in [0.05, 0.1) is 23.8 Å². The molecule has 0 aliphatic carbocycles. The van der Waals surface area contributed by atoms with E-state index >= 15 is 0 Å². The summed E-state index contributed by atoms with van der Waals surface area (Å²) in [7, 11) is 1.71. The number of aryl methyl sites for hydroxylation is 1. The van der Waals surface area contributed by atoms with Crippen LogP contribution < -0.4 is 4.90 Å². The highest BCUT2D eigenvalue weighted by Crippen LogP contribution is 2.30. The van der Waals surface area contributed by atoms with E-state index < -0.39 is 30.4 Å². The first kappa shape index (κ1) is 21.8. The van der Waals surface area contributed by atoms with Crippen molar-refractivity contribution in [1.82, 2.24) is 29.7 Å². The second-order valence-electron chi connectivity index (χ2n) is 7.20. The van der Waals surface area contributed by atoms with Gasteiger partial charge in [0.25, 0.3) is 0 Å². The maximum absolute atomic E-state index is 13.0. The number of aliphatic carboxylic acids is 1. The molecule has 11 nitrogen and oxygen atoms in total. The summed E-state index contributed by atoms with van der Waals surface area (Å²) in [5.74, 6) is -2.18. The van der Waals surface area contributed by atoms with Crippen molar-refractivity contribution < 1.29 is 19.5 Å². The first-order chi connectivity index (χ1) is 15.2. The van der Waals surface area contributed by atoms with Gasteiger partial charge < -0.3 is 10.0 Å². The fourth-order valence-corrected chi connectivity index (χ4v) is 3.83. The van der Waals surface area contributed by atoms with E-state index in [-0.39, 0.29) is 18.1 Å². The van der Waals surface area contributed by atoms with E-state index in [9.17, 15) is 19.5 Å². The van der Waals surface area contributed by atoms with Crippen molar-refractivity contribution >= 4 is 46.7 Å². The molecule has 3 aromatic rings. The van der Waals surface area contributed by atoms with E-state index in [0.29, 0.717) is 22.0 Å². The third-order valence-electron chi connectivity index (χ3n) is 5.01. The largest absolute Gasteiger partial charge is 0.480 e. The predicted octanol–water partition coefficient (Wildman–Crippen LogP) is 1.18. The molecule has 1 atom stereocenters. The second-order valence-corrected chi connectivity index (χ2v) is 8.02. The van der Waals surface area contributed by atoms with Crippen LogP contribution in [0.5, 0.6) is 0 Å². The molecule has 1 aliphatic rings. The number of rotatable bonds is 6. The summed E-state index contributed by atoms with van der Waals surface area (Å²) in [6.07, 6.45) is 4.67. The highest BCUT2D eigenvalue weighted by molar-refractivity contribution is 6.31. The van der Waals surface area contributed by atoms with Crippen molar-refractivity contribution in [3.8, 4) is 5.69 Å². The first-order valence-electron chi connectivity index (χ1n) is 9.41. The molecule has 0 bridgehead atoms. The first-order valence-corrected chi connectivity index (χ1v) is 10.2. The smallest absolute Gasteiger partial charge is 0.326 e. The van der Waals surface area contributed by atoms with Crippen molar-refractivity contribution in [3.63, 3.8) is 0 Å². The minimum absolute atomic E-state index is 0.0298. The van der Waals surface area contributed by atoms with Crippen molar-refractivity contribution in [1.29, 1.82) is 0 Å². The Hall–Kier alpha value is -3.44. The number of aromatic nitrogens is 5. The number of hydrogen-bond acceptors (Lipinski definition) is 6. The lowest BCUT2D eigenvalue weighted by Gasteiger charge is -2.37. The van der Waals surface area contributed by atoms with Crippen LogP contribution in [-0.4, -0.2) is 71.7 Å². The number of amides is 2. The van der Waals surface area contributed by atoms with Crippen molar-refractivity contribution in [2.45, 2.75) is 12.5 Å². The molecule has 1 fully saturated rings. The van der Waals surface area contributed by atoms with Gasteiger partial charge in [0, 0.05) is 24.7 Å². The molecule has 1 N–H and O–H groups in total. The zero-order valence-corrected chi connectivity index (χ0v) is 18.2. The van der Waals surface area contributed by atoms with Crippen LogP contribution >= 0.6 is 23.2 Å². The van der Waals surface area contributed by atoms with E-state index in [0.717, 1.165) is 4.90 Å². The van der Waals surface area contributed by atoms with Gasteiger partial charge in [-0.05, 0) is 23.8 Å². The molecule has 166 valence electrons. The van der Waals surface area contributed by atoms with Crippen molar-refractivity contribution in [3.05, 3.63) is 52.5 Å². The molecule has 2 amide bonds. The van der Waals surface area contributed by atoms with Crippen LogP contribution in [0.15, 0.2) is 36.8 Å². The normalized spacial score (nSPS) is 15.3. The van der Waals surface area contributed by atoms with E-state index in [1.54, 1.807) is 25.4 Å². The van der Waals surface area contributed by atoms with Gasteiger partial charge in [0.1, 0.15) is 19.1 Å². The monoisotopic (exact) mass is 477 g/mol. The summed E-state index contributed by atoms with van der Waals surface area (Å²) in [4.78, 5) is 40.2. The molecular weight excluding hydrogens is 461 g/mol. The highest BCUT2D eigenvalue weighted by Gasteiger charge is 2.39. The molecule has 0 radical (unpaired) electrons. The van der Waals surface area contributed by atoms with E-state index in [4.69, 9.17) is 23.2 Å². The number of piperazine rings is 1. The molecule has 1 aliphatic heterocycles. The molecule has 32 heavy (non-hydrogen) atoms. The van der Waals surface area contributed by atoms with Gasteiger partial charge in [-0.15, -0.1) is 5.10 Å². The number of carbonyl (C=O) groups is 3. The number of carbonyl (C=O) groups excluding carboxylic acids is 2. The Labute approximate surface area is 191 Å². The molecule has 13 heteroatoms. The third kappa shape index (κ3) is 4.30. The van der Waals surface area contributed by atoms with Gasteiger partial charge in [-0.2, -0.15) is 5.10 Å². The van der Waals surface area contributed by atoms with Crippen LogP contribution in [0.1, 0.15) is 5.56 Å². The average molecular weight is 478 g/mol. The highest BCUT2D eigenvalue weighted by atomic mass is 35.5. The molecule has 0 saturated carbocycles. The van der Waals surface area contributed by atoms with Crippen LogP contribution in [0.4, 0.5) is 5.69 Å². The third-order valence-corrected chi connectivity index (χ3v) is 5.42. The molecule has 4 rings (SSSR count). The lowest BCUT2D eigenvalue weighted by Crippen LogP contribution is -2.59. The summed E-state index contributed by atoms with van der Waals surface area (Å²) in [6, 6.07) is 3.55. The molecule has 1 aromatic carbocycles. The Balaban J connectivity index is 1.62. The molecule has 2 aromatic heterocycles. The van der Waals surface area contributed by atoms with Crippen LogP contribution in [0.2, 0.25) is 10.2 Å². The van der Waals surface area contributed by atoms with Gasteiger partial charge in [-0.1, -0.05) is 28.4 Å². The average Bonchev–Trinajstić information content (AvgIpc) is 3.35. The molecule has 1 saturated heterocycles. The van der Waals surface area contributed by atoms with Crippen LogP contribution in [0, 0.1) is 0 Å². The van der Waals surface area contributed by atoms with Crippen molar-refractivity contribution in [2.24, 2.45) is 7.05 Å². The van der Waals surface area contributed by atoms with Crippen LogP contribution in [0.25, 0.3) is 5.69 Å². The lowest BCUT2D eigenvalue weighted by atomic mass is 10.1. The van der Waals surface area contributed by atoms with Gasteiger partial charge >= 0.3 is 5.97 Å². The molecule has 0 spiro atoms. The summed E-state index contributed by atoms with van der Waals surface area (Å²) in [5, 5.41) is 21.9. The number of hydrogen-bond donors (Lipinski definition) is 1. The summed E-state index contributed by atoms with van der Waals surface area (Å²) in [6.45, 7) is -0.758.